The summed E-state index contributed by atoms with van der Waals surface area (Å²) in [6.07, 6.45) is 8.02. The lowest BCUT2D eigenvalue weighted by atomic mass is 9.82. The largest absolute Gasteiger partial charge is 0.426 e. The molecule has 4 heteroatoms. The third-order valence-corrected chi connectivity index (χ3v) is 6.79. The Bertz CT molecular complexity index is 848. The number of carbonyl (C=O) groups is 2. The molecule has 2 aliphatic carbocycles. The minimum atomic E-state index is -0.170. The first kappa shape index (κ1) is 20.9. The molecule has 0 amide bonds. The molecule has 4 unspecified atom stereocenters. The van der Waals surface area contributed by atoms with Crippen molar-refractivity contribution in [3.63, 3.8) is 0 Å². The summed E-state index contributed by atoms with van der Waals surface area (Å²) in [6, 6.07) is 11.3. The van der Waals surface area contributed by atoms with Crippen LogP contribution in [0.5, 0.6) is 11.5 Å². The third kappa shape index (κ3) is 4.69. The van der Waals surface area contributed by atoms with Crippen LogP contribution in [0.3, 0.4) is 0 Å². The van der Waals surface area contributed by atoms with E-state index in [4.69, 9.17) is 9.47 Å². The molecule has 160 valence electrons. The van der Waals surface area contributed by atoms with Crippen molar-refractivity contribution in [1.29, 1.82) is 0 Å². The van der Waals surface area contributed by atoms with E-state index < -0.39 is 0 Å². The molecule has 0 aromatic heterocycles. The van der Waals surface area contributed by atoms with Gasteiger partial charge >= 0.3 is 11.9 Å². The van der Waals surface area contributed by atoms with E-state index in [0.717, 1.165) is 43.9 Å². The summed E-state index contributed by atoms with van der Waals surface area (Å²) in [6.45, 7) is 4.39. The van der Waals surface area contributed by atoms with E-state index in [0.29, 0.717) is 28.7 Å². The van der Waals surface area contributed by atoms with Gasteiger partial charge in [0.25, 0.3) is 0 Å². The topological polar surface area (TPSA) is 52.6 Å². The van der Waals surface area contributed by atoms with Crippen LogP contribution in [0.4, 0.5) is 0 Å². The van der Waals surface area contributed by atoms with Gasteiger partial charge in [-0.3, -0.25) is 9.59 Å². The van der Waals surface area contributed by atoms with Crippen LogP contribution < -0.4 is 9.47 Å². The average molecular weight is 409 g/mol. The van der Waals surface area contributed by atoms with Crippen molar-refractivity contribution in [3.8, 4) is 11.5 Å². The van der Waals surface area contributed by atoms with Crippen molar-refractivity contribution in [2.45, 2.75) is 65.2 Å². The van der Waals surface area contributed by atoms with E-state index in [-0.39, 0.29) is 23.8 Å². The summed E-state index contributed by atoms with van der Waals surface area (Å²) < 4.78 is 11.7. The van der Waals surface area contributed by atoms with E-state index in [1.54, 1.807) is 12.1 Å². The SMILES string of the molecule is CC1CCCC(C(=O)Oc2cccc3cccc(OC(=O)C4CCCC(C)C4)c23)C1. The molecule has 0 spiro atoms. The fraction of sp³-hybridized carbons (Fsp3) is 0.538. The van der Waals surface area contributed by atoms with Crippen molar-refractivity contribution in [2.24, 2.45) is 23.7 Å². The summed E-state index contributed by atoms with van der Waals surface area (Å²) in [5, 5.41) is 1.61. The molecule has 0 radical (unpaired) electrons. The Hall–Kier alpha value is -2.36. The number of hydrogen-bond acceptors (Lipinski definition) is 4. The highest BCUT2D eigenvalue weighted by molar-refractivity contribution is 5.97. The van der Waals surface area contributed by atoms with Crippen molar-refractivity contribution in [3.05, 3.63) is 36.4 Å². The lowest BCUT2D eigenvalue weighted by Gasteiger charge is -2.26. The first-order chi connectivity index (χ1) is 14.5. The van der Waals surface area contributed by atoms with Crippen LogP contribution in [-0.2, 0) is 9.59 Å². The van der Waals surface area contributed by atoms with Crippen LogP contribution in [0.25, 0.3) is 10.8 Å². The van der Waals surface area contributed by atoms with Crippen molar-refractivity contribution >= 4 is 22.7 Å². The predicted octanol–water partition coefficient (Wildman–Crippen LogP) is 6.30. The van der Waals surface area contributed by atoms with Gasteiger partial charge in [-0.2, -0.15) is 0 Å². The normalized spacial score (nSPS) is 26.9. The lowest BCUT2D eigenvalue weighted by Crippen LogP contribution is -2.26. The smallest absolute Gasteiger partial charge is 0.314 e. The predicted molar refractivity (Wildman–Crippen MR) is 117 cm³/mol. The van der Waals surface area contributed by atoms with Gasteiger partial charge in [-0.15, -0.1) is 0 Å². The molecule has 0 aliphatic heterocycles. The summed E-state index contributed by atoms with van der Waals surface area (Å²) in [7, 11) is 0. The Balaban J connectivity index is 1.57. The van der Waals surface area contributed by atoms with Crippen molar-refractivity contribution in [1.82, 2.24) is 0 Å². The van der Waals surface area contributed by atoms with Crippen LogP contribution in [0, 0.1) is 23.7 Å². The highest BCUT2D eigenvalue weighted by Crippen LogP contribution is 2.37. The van der Waals surface area contributed by atoms with E-state index in [1.165, 1.54) is 12.8 Å². The van der Waals surface area contributed by atoms with Gasteiger partial charge in [0.2, 0.25) is 0 Å². The number of benzene rings is 2. The zero-order valence-corrected chi connectivity index (χ0v) is 18.1. The van der Waals surface area contributed by atoms with Gasteiger partial charge in [0, 0.05) is 0 Å². The Morgan fingerprint density at radius 2 is 1.20 bits per heavy atom. The molecule has 4 rings (SSSR count). The highest BCUT2D eigenvalue weighted by Gasteiger charge is 2.29. The fourth-order valence-electron chi connectivity index (χ4n) is 5.12. The minimum Gasteiger partial charge on any atom is -0.426 e. The lowest BCUT2D eigenvalue weighted by molar-refractivity contribution is -0.140. The average Bonchev–Trinajstić information content (AvgIpc) is 2.74. The Morgan fingerprint density at radius 1 is 0.733 bits per heavy atom. The van der Waals surface area contributed by atoms with Gasteiger partial charge in [-0.25, -0.2) is 0 Å². The van der Waals surface area contributed by atoms with E-state index in [1.807, 2.05) is 24.3 Å². The van der Waals surface area contributed by atoms with Crippen LogP contribution in [-0.4, -0.2) is 11.9 Å². The van der Waals surface area contributed by atoms with Gasteiger partial charge in [-0.1, -0.05) is 63.8 Å². The number of hydrogen-bond donors (Lipinski definition) is 0. The summed E-state index contributed by atoms with van der Waals surface area (Å²) in [5.41, 5.74) is 0. The molecule has 2 fully saturated rings. The van der Waals surface area contributed by atoms with Crippen LogP contribution in [0.2, 0.25) is 0 Å². The van der Waals surface area contributed by atoms with Crippen LogP contribution in [0.1, 0.15) is 65.2 Å². The van der Waals surface area contributed by atoms with Crippen molar-refractivity contribution < 1.29 is 19.1 Å². The Morgan fingerprint density at radius 3 is 1.63 bits per heavy atom. The second-order valence-corrected chi connectivity index (χ2v) is 9.39. The molecule has 2 aliphatic rings. The molecular formula is C26H32O4. The molecule has 0 bridgehead atoms. The molecule has 4 nitrogen and oxygen atoms in total. The zero-order chi connectivity index (χ0) is 21.1. The number of ether oxygens (including phenoxy) is 2. The summed E-state index contributed by atoms with van der Waals surface area (Å²) in [4.78, 5) is 25.7. The van der Waals surface area contributed by atoms with Gasteiger partial charge in [0.15, 0.2) is 0 Å². The van der Waals surface area contributed by atoms with Crippen LogP contribution in [0.15, 0.2) is 36.4 Å². The Labute approximate surface area is 178 Å². The number of rotatable bonds is 4. The van der Waals surface area contributed by atoms with Crippen LogP contribution >= 0.6 is 0 Å². The van der Waals surface area contributed by atoms with Gasteiger partial charge in [-0.05, 0) is 55.0 Å². The monoisotopic (exact) mass is 408 g/mol. The Kier molecular flexibility index (Phi) is 6.40. The highest BCUT2D eigenvalue weighted by atomic mass is 16.5. The number of fused-ring (bicyclic) bond motifs is 1. The van der Waals surface area contributed by atoms with Gasteiger partial charge in [0.1, 0.15) is 11.5 Å². The zero-order valence-electron chi connectivity index (χ0n) is 18.1. The second kappa shape index (κ2) is 9.20. The molecule has 2 aromatic carbocycles. The standard InChI is InChI=1S/C26H32O4/c1-17-7-3-11-20(15-17)25(27)29-22-13-5-9-19-10-6-14-23(24(19)22)30-26(28)21-12-4-8-18(2)16-21/h5-6,9-10,13-14,17-18,20-21H,3-4,7-8,11-12,15-16H2,1-2H3. The quantitative estimate of drug-likeness (QED) is 0.440. The van der Waals surface area contributed by atoms with Crippen molar-refractivity contribution in [2.75, 3.05) is 0 Å². The molecule has 30 heavy (non-hydrogen) atoms. The van der Waals surface area contributed by atoms with Gasteiger partial charge in [0.05, 0.1) is 17.2 Å². The second-order valence-electron chi connectivity index (χ2n) is 9.39. The maximum absolute atomic E-state index is 12.8. The maximum Gasteiger partial charge on any atom is 0.314 e. The minimum absolute atomic E-state index is 0.0533. The number of carbonyl (C=O) groups excluding carboxylic acids is 2. The summed E-state index contributed by atoms with van der Waals surface area (Å²) >= 11 is 0. The molecule has 2 saturated carbocycles. The fourth-order valence-corrected chi connectivity index (χ4v) is 5.12. The van der Waals surface area contributed by atoms with Gasteiger partial charge < -0.3 is 9.47 Å². The molecular weight excluding hydrogens is 376 g/mol. The molecule has 0 saturated heterocycles. The molecule has 2 aromatic rings. The van der Waals surface area contributed by atoms with E-state index >= 15 is 0 Å². The molecule has 4 atom stereocenters. The molecule has 0 heterocycles. The maximum atomic E-state index is 12.8. The van der Waals surface area contributed by atoms with E-state index in [2.05, 4.69) is 13.8 Å². The number of esters is 2. The van der Waals surface area contributed by atoms with E-state index in [9.17, 15) is 9.59 Å². The first-order valence-corrected chi connectivity index (χ1v) is 11.5. The molecule has 0 N–H and O–H groups in total. The summed E-state index contributed by atoms with van der Waals surface area (Å²) in [5.74, 6) is 1.63. The third-order valence-electron chi connectivity index (χ3n) is 6.79. The first-order valence-electron chi connectivity index (χ1n) is 11.5.